The Kier molecular flexibility index (Phi) is 5.20. The van der Waals surface area contributed by atoms with E-state index in [2.05, 4.69) is 10.4 Å². The molecule has 0 spiro atoms. The maximum atomic E-state index is 13.3. The Balaban J connectivity index is 1.73. The summed E-state index contributed by atoms with van der Waals surface area (Å²) in [6, 6.07) is 13.9. The summed E-state index contributed by atoms with van der Waals surface area (Å²) < 4.78 is 22.1. The molecule has 0 fully saturated rings. The van der Waals surface area contributed by atoms with Gasteiger partial charge in [-0.25, -0.2) is 9.07 Å². The molecule has 0 bridgehead atoms. The molecule has 1 heterocycles. The molecule has 1 aromatic heterocycles. The molecule has 130 valence electrons. The van der Waals surface area contributed by atoms with Gasteiger partial charge in [0.15, 0.2) is 0 Å². The number of hydrogen-bond acceptors (Lipinski definition) is 5. The summed E-state index contributed by atoms with van der Waals surface area (Å²) >= 11 is 5.46. The van der Waals surface area contributed by atoms with Gasteiger partial charge in [0.25, 0.3) is 0 Å². The van der Waals surface area contributed by atoms with Crippen molar-refractivity contribution in [1.29, 1.82) is 0 Å². The zero-order valence-corrected chi connectivity index (χ0v) is 14.8. The highest BCUT2D eigenvalue weighted by Crippen LogP contribution is 2.14. The van der Waals surface area contributed by atoms with Gasteiger partial charge >= 0.3 is 0 Å². The number of hydrogen-bond donors (Lipinski definition) is 0. The smallest absolute Gasteiger partial charge is 0.221 e. The first-order chi connectivity index (χ1) is 12.1. The van der Waals surface area contributed by atoms with Gasteiger partial charge in [0.2, 0.25) is 4.77 Å². The van der Waals surface area contributed by atoms with Crippen LogP contribution in [0, 0.1) is 10.6 Å². The largest absolute Gasteiger partial charge is 0.497 e. The molecule has 3 aromatic rings. The molecule has 0 atom stereocenters. The standard InChI is InChI=1S/C17H18FN5OS/c1-21(11-13-4-3-5-14(18)10-13)12-22-17(25)23(20-19-22)15-6-8-16(24-2)9-7-15/h3-10H,11-12H2,1-2H3. The summed E-state index contributed by atoms with van der Waals surface area (Å²) in [4.78, 5) is 1.98. The Morgan fingerprint density at radius 2 is 1.92 bits per heavy atom. The molecule has 0 radical (unpaired) electrons. The molecular weight excluding hydrogens is 341 g/mol. The fourth-order valence-electron chi connectivity index (χ4n) is 2.47. The first-order valence-electron chi connectivity index (χ1n) is 7.67. The molecule has 3 rings (SSSR count). The van der Waals surface area contributed by atoms with Crippen molar-refractivity contribution in [3.8, 4) is 11.4 Å². The van der Waals surface area contributed by atoms with Crippen LogP contribution < -0.4 is 4.74 Å². The highest BCUT2D eigenvalue weighted by molar-refractivity contribution is 7.71. The van der Waals surface area contributed by atoms with Crippen molar-refractivity contribution in [3.05, 3.63) is 64.7 Å². The molecular formula is C17H18FN5OS. The van der Waals surface area contributed by atoms with Gasteiger partial charge in [0, 0.05) is 6.54 Å². The fourth-order valence-corrected chi connectivity index (χ4v) is 2.71. The van der Waals surface area contributed by atoms with E-state index in [0.717, 1.165) is 17.0 Å². The molecule has 0 aliphatic carbocycles. The summed E-state index contributed by atoms with van der Waals surface area (Å²) in [6.45, 7) is 1.03. The first-order valence-corrected chi connectivity index (χ1v) is 8.08. The monoisotopic (exact) mass is 359 g/mol. The second kappa shape index (κ2) is 7.54. The third kappa shape index (κ3) is 4.09. The van der Waals surface area contributed by atoms with Crippen LogP contribution in [-0.2, 0) is 13.2 Å². The number of methoxy groups -OCH3 is 1. The number of halogens is 1. The highest BCUT2D eigenvalue weighted by Gasteiger charge is 2.09. The fraction of sp³-hybridized carbons (Fsp3) is 0.235. The predicted octanol–water partition coefficient (Wildman–Crippen LogP) is 3.04. The van der Waals surface area contributed by atoms with Crippen LogP contribution in [0.4, 0.5) is 4.39 Å². The molecule has 0 unspecified atom stereocenters. The van der Waals surface area contributed by atoms with E-state index in [1.54, 1.807) is 22.5 Å². The molecule has 0 aliphatic rings. The van der Waals surface area contributed by atoms with E-state index in [9.17, 15) is 4.39 Å². The summed E-state index contributed by atoms with van der Waals surface area (Å²) in [5.41, 5.74) is 1.70. The van der Waals surface area contributed by atoms with Crippen molar-refractivity contribution in [2.75, 3.05) is 14.2 Å². The minimum absolute atomic E-state index is 0.243. The van der Waals surface area contributed by atoms with Crippen molar-refractivity contribution >= 4 is 12.2 Å². The summed E-state index contributed by atoms with van der Waals surface area (Å²) in [5.74, 6) is 0.519. The third-order valence-corrected chi connectivity index (χ3v) is 4.06. The van der Waals surface area contributed by atoms with E-state index in [-0.39, 0.29) is 5.82 Å². The molecule has 0 aliphatic heterocycles. The van der Waals surface area contributed by atoms with E-state index in [1.165, 1.54) is 12.1 Å². The van der Waals surface area contributed by atoms with E-state index in [1.807, 2.05) is 42.3 Å². The van der Waals surface area contributed by atoms with Gasteiger partial charge in [0.1, 0.15) is 11.6 Å². The Hall–Kier alpha value is -2.58. The summed E-state index contributed by atoms with van der Waals surface area (Å²) in [6.07, 6.45) is 0. The first kappa shape index (κ1) is 17.2. The van der Waals surface area contributed by atoms with E-state index < -0.39 is 0 Å². The number of nitrogens with zero attached hydrogens (tertiary/aromatic N) is 5. The lowest BCUT2D eigenvalue weighted by Gasteiger charge is -2.16. The minimum atomic E-state index is -0.243. The van der Waals surface area contributed by atoms with Gasteiger partial charge in [-0.2, -0.15) is 4.68 Å². The molecule has 0 amide bonds. The molecule has 8 heteroatoms. The Bertz CT molecular complexity index is 906. The quantitative estimate of drug-likeness (QED) is 0.633. The van der Waals surface area contributed by atoms with Crippen LogP contribution >= 0.6 is 12.2 Å². The molecule has 2 aromatic carbocycles. The van der Waals surface area contributed by atoms with Gasteiger partial charge in [0.05, 0.1) is 19.5 Å². The van der Waals surface area contributed by atoms with Gasteiger partial charge in [-0.3, -0.25) is 4.90 Å². The van der Waals surface area contributed by atoms with Gasteiger partial charge in [-0.15, -0.1) is 0 Å². The molecule has 0 saturated heterocycles. The van der Waals surface area contributed by atoms with Crippen molar-refractivity contribution in [2.24, 2.45) is 0 Å². The minimum Gasteiger partial charge on any atom is -0.497 e. The predicted molar refractivity (Wildman–Crippen MR) is 94.6 cm³/mol. The van der Waals surface area contributed by atoms with Crippen LogP contribution in [0.1, 0.15) is 5.56 Å². The zero-order valence-electron chi connectivity index (χ0n) is 14.0. The van der Waals surface area contributed by atoms with Gasteiger partial charge in [-0.1, -0.05) is 12.1 Å². The number of benzene rings is 2. The topological polar surface area (TPSA) is 48.1 Å². The number of tetrazole rings is 1. The highest BCUT2D eigenvalue weighted by atomic mass is 32.1. The van der Waals surface area contributed by atoms with E-state index in [0.29, 0.717) is 18.0 Å². The van der Waals surface area contributed by atoms with Crippen LogP contribution in [0.2, 0.25) is 0 Å². The summed E-state index contributed by atoms with van der Waals surface area (Å²) in [5, 5.41) is 8.23. The lowest BCUT2D eigenvalue weighted by atomic mass is 10.2. The number of rotatable bonds is 6. The van der Waals surface area contributed by atoms with Crippen LogP contribution in [0.25, 0.3) is 5.69 Å². The second-order valence-corrected chi connectivity index (χ2v) is 6.02. The SMILES string of the molecule is COc1ccc(-n2nnn(CN(C)Cc3cccc(F)c3)c2=S)cc1. The molecule has 0 N–H and O–H groups in total. The van der Waals surface area contributed by atoms with E-state index in [4.69, 9.17) is 17.0 Å². The van der Waals surface area contributed by atoms with Crippen molar-refractivity contribution < 1.29 is 9.13 Å². The van der Waals surface area contributed by atoms with Crippen molar-refractivity contribution in [1.82, 2.24) is 24.7 Å². The Morgan fingerprint density at radius 3 is 2.60 bits per heavy atom. The Labute approximate surface area is 150 Å². The third-order valence-electron chi connectivity index (χ3n) is 3.67. The average molecular weight is 359 g/mol. The zero-order chi connectivity index (χ0) is 17.8. The van der Waals surface area contributed by atoms with Crippen LogP contribution in [0.15, 0.2) is 48.5 Å². The van der Waals surface area contributed by atoms with Crippen molar-refractivity contribution in [3.63, 3.8) is 0 Å². The lowest BCUT2D eigenvalue weighted by molar-refractivity contribution is 0.241. The molecule has 25 heavy (non-hydrogen) atoms. The Morgan fingerprint density at radius 1 is 1.16 bits per heavy atom. The van der Waals surface area contributed by atoms with E-state index >= 15 is 0 Å². The second-order valence-electron chi connectivity index (χ2n) is 5.66. The molecule has 0 saturated carbocycles. The number of aromatic nitrogens is 4. The molecule has 6 nitrogen and oxygen atoms in total. The normalized spacial score (nSPS) is 11.0. The lowest BCUT2D eigenvalue weighted by Crippen LogP contribution is -2.22. The van der Waals surface area contributed by atoms with Crippen molar-refractivity contribution in [2.45, 2.75) is 13.2 Å². The van der Waals surface area contributed by atoms with Crippen LogP contribution in [0.5, 0.6) is 5.75 Å². The van der Waals surface area contributed by atoms with Gasteiger partial charge in [-0.05, 0) is 71.7 Å². The maximum absolute atomic E-state index is 13.3. The van der Waals surface area contributed by atoms with Gasteiger partial charge < -0.3 is 4.74 Å². The van der Waals surface area contributed by atoms with Crippen LogP contribution in [0.3, 0.4) is 0 Å². The maximum Gasteiger partial charge on any atom is 0.221 e. The summed E-state index contributed by atoms with van der Waals surface area (Å²) in [7, 11) is 3.53. The number of ether oxygens (including phenoxy) is 1. The average Bonchev–Trinajstić information content (AvgIpc) is 2.95. The van der Waals surface area contributed by atoms with Crippen LogP contribution in [-0.4, -0.2) is 38.8 Å².